The van der Waals surface area contributed by atoms with Crippen molar-refractivity contribution in [3.63, 3.8) is 0 Å². The molecule has 0 amide bonds. The number of alkyl halides is 3. The van der Waals surface area contributed by atoms with E-state index < -0.39 is 11.7 Å². The Labute approximate surface area is 90.5 Å². The monoisotopic (exact) mass is 245 g/mol. The maximum absolute atomic E-state index is 12.2. The summed E-state index contributed by atoms with van der Waals surface area (Å²) in [5.74, 6) is 0. The molecule has 0 bridgehead atoms. The molecule has 1 nitrogen and oxygen atoms in total. The van der Waals surface area contributed by atoms with Gasteiger partial charge in [-0.15, -0.1) is 12.4 Å². The van der Waals surface area contributed by atoms with E-state index >= 15 is 0 Å². The summed E-state index contributed by atoms with van der Waals surface area (Å²) in [5, 5.41) is -0.308. The van der Waals surface area contributed by atoms with Gasteiger partial charge in [0.15, 0.2) is 0 Å². The summed E-state index contributed by atoms with van der Waals surface area (Å²) < 4.78 is 36.7. The zero-order valence-corrected chi connectivity index (χ0v) is 8.51. The Hall–Kier alpha value is -0.450. The highest BCUT2D eigenvalue weighted by Crippen LogP contribution is 2.35. The molecule has 0 aliphatic heterocycles. The molecule has 0 fully saturated rings. The normalized spacial score (nSPS) is 10.9. The Balaban J connectivity index is 0.00000169. The molecule has 0 aliphatic carbocycles. The lowest BCUT2D eigenvalue weighted by atomic mass is 10.1. The van der Waals surface area contributed by atoms with E-state index in [-0.39, 0.29) is 24.0 Å². The highest BCUT2D eigenvalue weighted by Gasteiger charge is 2.33. The molecule has 1 aromatic carbocycles. The molecule has 0 saturated heterocycles. The lowest BCUT2D eigenvalue weighted by Gasteiger charge is -2.10. The van der Waals surface area contributed by atoms with Gasteiger partial charge >= 0.3 is 6.18 Å². The van der Waals surface area contributed by atoms with Gasteiger partial charge in [0, 0.05) is 6.54 Å². The largest absolute Gasteiger partial charge is 0.417 e. The van der Waals surface area contributed by atoms with Gasteiger partial charge in [-0.05, 0) is 11.6 Å². The molecule has 80 valence electrons. The lowest BCUT2D eigenvalue weighted by molar-refractivity contribution is -0.137. The Morgan fingerprint density at radius 2 is 1.86 bits per heavy atom. The predicted molar refractivity (Wildman–Crippen MR) is 51.6 cm³/mol. The standard InChI is InChI=1S/C8H7ClF3N.ClH/c9-7-5(4-13)2-1-3-6(7)8(10,11)12;/h1-3H,4,13H2;1H. The van der Waals surface area contributed by atoms with E-state index in [0.29, 0.717) is 5.56 Å². The summed E-state index contributed by atoms with van der Waals surface area (Å²) in [6, 6.07) is 3.69. The van der Waals surface area contributed by atoms with Crippen LogP contribution >= 0.6 is 24.0 Å². The van der Waals surface area contributed by atoms with E-state index in [9.17, 15) is 13.2 Å². The summed E-state index contributed by atoms with van der Waals surface area (Å²) >= 11 is 5.49. The van der Waals surface area contributed by atoms with Crippen molar-refractivity contribution in [1.82, 2.24) is 0 Å². The number of nitrogens with two attached hydrogens (primary N) is 1. The molecule has 0 atom stereocenters. The molecule has 0 saturated carbocycles. The van der Waals surface area contributed by atoms with E-state index in [0.717, 1.165) is 6.07 Å². The van der Waals surface area contributed by atoms with E-state index in [1.807, 2.05) is 0 Å². The van der Waals surface area contributed by atoms with Crippen molar-refractivity contribution in [2.24, 2.45) is 5.73 Å². The van der Waals surface area contributed by atoms with Crippen LogP contribution in [-0.4, -0.2) is 0 Å². The van der Waals surface area contributed by atoms with Crippen LogP contribution in [0.1, 0.15) is 11.1 Å². The maximum Gasteiger partial charge on any atom is 0.417 e. The van der Waals surface area contributed by atoms with Crippen LogP contribution in [-0.2, 0) is 12.7 Å². The zero-order chi connectivity index (χ0) is 10.1. The molecule has 14 heavy (non-hydrogen) atoms. The van der Waals surface area contributed by atoms with Crippen LogP contribution < -0.4 is 5.73 Å². The van der Waals surface area contributed by atoms with Crippen LogP contribution in [0, 0.1) is 0 Å². The van der Waals surface area contributed by atoms with E-state index in [1.165, 1.54) is 12.1 Å². The first kappa shape index (κ1) is 13.5. The van der Waals surface area contributed by atoms with Crippen LogP contribution in [0.5, 0.6) is 0 Å². The molecule has 1 aromatic rings. The quantitative estimate of drug-likeness (QED) is 0.808. The van der Waals surface area contributed by atoms with Crippen LogP contribution in [0.2, 0.25) is 5.02 Å². The van der Waals surface area contributed by atoms with Gasteiger partial charge in [-0.25, -0.2) is 0 Å². The fourth-order valence-corrected chi connectivity index (χ4v) is 1.27. The van der Waals surface area contributed by atoms with Crippen molar-refractivity contribution < 1.29 is 13.2 Å². The van der Waals surface area contributed by atoms with Gasteiger partial charge in [-0.3, -0.25) is 0 Å². The third-order valence-corrected chi connectivity index (χ3v) is 2.05. The molecule has 0 aliphatic rings. The summed E-state index contributed by atoms with van der Waals surface area (Å²) in [6.45, 7) is 0.00273. The molecule has 0 heterocycles. The van der Waals surface area contributed by atoms with Crippen LogP contribution in [0.3, 0.4) is 0 Å². The number of rotatable bonds is 1. The zero-order valence-electron chi connectivity index (χ0n) is 6.94. The Morgan fingerprint density at radius 1 is 1.29 bits per heavy atom. The van der Waals surface area contributed by atoms with Crippen LogP contribution in [0.25, 0.3) is 0 Å². The third-order valence-electron chi connectivity index (χ3n) is 1.60. The summed E-state index contributed by atoms with van der Waals surface area (Å²) in [5.41, 5.74) is 4.68. The predicted octanol–water partition coefficient (Wildman–Crippen LogP) is 3.24. The summed E-state index contributed by atoms with van der Waals surface area (Å²) in [6.07, 6.45) is -4.41. The molecule has 1 rings (SSSR count). The first-order chi connectivity index (χ1) is 5.96. The van der Waals surface area contributed by atoms with E-state index in [1.54, 1.807) is 0 Å². The van der Waals surface area contributed by atoms with Gasteiger partial charge in [0.1, 0.15) is 0 Å². The van der Waals surface area contributed by atoms with E-state index in [4.69, 9.17) is 17.3 Å². The molecule has 0 radical (unpaired) electrons. The van der Waals surface area contributed by atoms with Crippen molar-refractivity contribution in [2.75, 3.05) is 0 Å². The fourth-order valence-electron chi connectivity index (χ4n) is 0.956. The molecule has 0 unspecified atom stereocenters. The molecule has 0 aromatic heterocycles. The van der Waals surface area contributed by atoms with Gasteiger partial charge < -0.3 is 5.73 Å². The van der Waals surface area contributed by atoms with Crippen molar-refractivity contribution in [3.05, 3.63) is 34.3 Å². The second-order valence-corrected chi connectivity index (χ2v) is 2.86. The smallest absolute Gasteiger partial charge is 0.326 e. The average Bonchev–Trinajstić information content (AvgIpc) is 2.02. The Bertz CT molecular complexity index is 312. The highest BCUT2D eigenvalue weighted by molar-refractivity contribution is 6.32. The van der Waals surface area contributed by atoms with Gasteiger partial charge in [0.05, 0.1) is 10.6 Å². The van der Waals surface area contributed by atoms with Crippen molar-refractivity contribution in [3.8, 4) is 0 Å². The molecule has 2 N–H and O–H groups in total. The number of halogens is 5. The minimum atomic E-state index is -4.41. The SMILES string of the molecule is Cl.NCc1cccc(C(F)(F)F)c1Cl. The van der Waals surface area contributed by atoms with Gasteiger partial charge in [0.25, 0.3) is 0 Å². The molecule has 0 spiro atoms. The van der Waals surface area contributed by atoms with Gasteiger partial charge in [0.2, 0.25) is 0 Å². The van der Waals surface area contributed by atoms with Crippen molar-refractivity contribution in [2.45, 2.75) is 12.7 Å². The van der Waals surface area contributed by atoms with Crippen LogP contribution in [0.4, 0.5) is 13.2 Å². The second kappa shape index (κ2) is 4.87. The Kier molecular flexibility index (Phi) is 4.71. The summed E-state index contributed by atoms with van der Waals surface area (Å²) in [4.78, 5) is 0. The first-order valence-corrected chi connectivity index (χ1v) is 3.89. The second-order valence-electron chi connectivity index (χ2n) is 2.48. The average molecular weight is 246 g/mol. The topological polar surface area (TPSA) is 26.0 Å². The highest BCUT2D eigenvalue weighted by atomic mass is 35.5. The molecular formula is C8H8Cl2F3N. The minimum absolute atomic E-state index is 0. The van der Waals surface area contributed by atoms with Gasteiger partial charge in [-0.1, -0.05) is 23.7 Å². The summed E-state index contributed by atoms with van der Waals surface area (Å²) in [7, 11) is 0. The number of hydrogen-bond acceptors (Lipinski definition) is 1. The van der Waals surface area contributed by atoms with Crippen molar-refractivity contribution in [1.29, 1.82) is 0 Å². The molecular weight excluding hydrogens is 238 g/mol. The van der Waals surface area contributed by atoms with Crippen LogP contribution in [0.15, 0.2) is 18.2 Å². The minimum Gasteiger partial charge on any atom is -0.326 e. The maximum atomic E-state index is 12.2. The Morgan fingerprint density at radius 3 is 2.29 bits per heavy atom. The van der Waals surface area contributed by atoms with E-state index in [2.05, 4.69) is 0 Å². The molecule has 6 heteroatoms. The third kappa shape index (κ3) is 2.77. The number of benzene rings is 1. The fraction of sp³-hybridized carbons (Fsp3) is 0.250. The van der Waals surface area contributed by atoms with Crippen molar-refractivity contribution >= 4 is 24.0 Å². The lowest BCUT2D eigenvalue weighted by Crippen LogP contribution is -2.08. The number of hydrogen-bond donors (Lipinski definition) is 1. The first-order valence-electron chi connectivity index (χ1n) is 3.51. The van der Waals surface area contributed by atoms with Gasteiger partial charge in [-0.2, -0.15) is 13.2 Å².